The van der Waals surface area contributed by atoms with Crippen molar-refractivity contribution >= 4 is 22.3 Å². The van der Waals surface area contributed by atoms with Gasteiger partial charge in [0.25, 0.3) is 5.56 Å². The summed E-state index contributed by atoms with van der Waals surface area (Å²) in [6.45, 7) is 7.15. The van der Waals surface area contributed by atoms with E-state index in [0.717, 1.165) is 46.7 Å². The molecule has 0 saturated carbocycles. The van der Waals surface area contributed by atoms with Crippen LogP contribution in [0.25, 0.3) is 10.9 Å². The first kappa shape index (κ1) is 17.7. The molecule has 4 rings (SSSR count). The van der Waals surface area contributed by atoms with Gasteiger partial charge in [-0.15, -0.1) is 0 Å². The van der Waals surface area contributed by atoms with Crippen molar-refractivity contribution in [1.29, 1.82) is 0 Å². The first-order valence-electron chi connectivity index (χ1n) is 9.80. The van der Waals surface area contributed by atoms with Crippen molar-refractivity contribution in [2.45, 2.75) is 33.2 Å². The number of anilines is 2. The number of hydrogen-bond donors (Lipinski definition) is 2. The number of aromatic nitrogens is 1. The molecule has 1 aromatic heterocycles. The lowest BCUT2D eigenvalue weighted by Crippen LogP contribution is -2.34. The zero-order valence-corrected chi connectivity index (χ0v) is 16.1. The third kappa shape index (κ3) is 4.00. The molecule has 140 valence electrons. The van der Waals surface area contributed by atoms with Crippen LogP contribution in [0.2, 0.25) is 0 Å². The van der Waals surface area contributed by atoms with Crippen molar-refractivity contribution in [1.82, 2.24) is 4.98 Å². The van der Waals surface area contributed by atoms with E-state index in [4.69, 9.17) is 0 Å². The number of nitrogens with zero attached hydrogens (tertiary/aromatic N) is 1. The van der Waals surface area contributed by atoms with Gasteiger partial charge in [-0.25, -0.2) is 0 Å². The second-order valence-electron chi connectivity index (χ2n) is 7.81. The molecule has 3 aromatic rings. The van der Waals surface area contributed by atoms with Crippen molar-refractivity contribution in [2.24, 2.45) is 5.92 Å². The van der Waals surface area contributed by atoms with Crippen molar-refractivity contribution in [3.05, 3.63) is 70.0 Å². The van der Waals surface area contributed by atoms with Crippen molar-refractivity contribution in [3.8, 4) is 0 Å². The summed E-state index contributed by atoms with van der Waals surface area (Å²) in [5, 5.41) is 4.44. The summed E-state index contributed by atoms with van der Waals surface area (Å²) in [6, 6.07) is 16.7. The van der Waals surface area contributed by atoms with Gasteiger partial charge in [0.15, 0.2) is 0 Å². The van der Waals surface area contributed by atoms with E-state index < -0.39 is 0 Å². The molecule has 0 aliphatic carbocycles. The lowest BCUT2D eigenvalue weighted by Gasteiger charge is -2.32. The third-order valence-electron chi connectivity index (χ3n) is 5.45. The predicted octanol–water partition coefficient (Wildman–Crippen LogP) is 4.68. The van der Waals surface area contributed by atoms with E-state index in [1.54, 1.807) is 0 Å². The first-order chi connectivity index (χ1) is 13.1. The molecule has 1 aliphatic heterocycles. The zero-order valence-electron chi connectivity index (χ0n) is 16.1. The highest BCUT2D eigenvalue weighted by molar-refractivity contribution is 5.79. The molecule has 4 nitrogen and oxygen atoms in total. The molecule has 4 heteroatoms. The summed E-state index contributed by atoms with van der Waals surface area (Å²) in [5.74, 6) is 0.764. The molecule has 2 aromatic carbocycles. The second kappa shape index (κ2) is 7.47. The fourth-order valence-electron chi connectivity index (χ4n) is 3.90. The van der Waals surface area contributed by atoms with Crippen LogP contribution in [0.4, 0.5) is 11.4 Å². The summed E-state index contributed by atoms with van der Waals surface area (Å²) >= 11 is 0. The predicted molar refractivity (Wildman–Crippen MR) is 114 cm³/mol. The van der Waals surface area contributed by atoms with Gasteiger partial charge in [-0.3, -0.25) is 4.79 Å². The lowest BCUT2D eigenvalue weighted by molar-refractivity contribution is 0.447. The highest BCUT2D eigenvalue weighted by atomic mass is 16.1. The van der Waals surface area contributed by atoms with Crippen LogP contribution in [0, 0.1) is 12.8 Å². The monoisotopic (exact) mass is 361 g/mol. The fourth-order valence-corrected chi connectivity index (χ4v) is 3.90. The highest BCUT2D eigenvalue weighted by Gasteiger charge is 2.16. The maximum Gasteiger partial charge on any atom is 0.253 e. The molecule has 1 aliphatic rings. The quantitative estimate of drug-likeness (QED) is 0.709. The minimum atomic E-state index is -0.0282. The van der Waals surface area contributed by atoms with Crippen LogP contribution in [0.1, 0.15) is 30.9 Å². The minimum Gasteiger partial charge on any atom is -0.381 e. The van der Waals surface area contributed by atoms with E-state index in [2.05, 4.69) is 58.5 Å². The number of H-pyrrole nitrogens is 1. The Balaban J connectivity index is 1.45. The van der Waals surface area contributed by atoms with Gasteiger partial charge >= 0.3 is 0 Å². The lowest BCUT2D eigenvalue weighted by atomic mass is 10.00. The van der Waals surface area contributed by atoms with Crippen LogP contribution in [0.5, 0.6) is 0 Å². The first-order valence-corrected chi connectivity index (χ1v) is 9.80. The molecule has 2 N–H and O–H groups in total. The van der Waals surface area contributed by atoms with Gasteiger partial charge in [0, 0.05) is 42.1 Å². The largest absolute Gasteiger partial charge is 0.381 e. The Hall–Kier alpha value is -2.75. The number of benzene rings is 2. The van der Waals surface area contributed by atoms with Crippen LogP contribution in [-0.4, -0.2) is 18.1 Å². The van der Waals surface area contributed by atoms with E-state index >= 15 is 0 Å². The average molecular weight is 361 g/mol. The molecule has 0 spiro atoms. The molecule has 0 amide bonds. The summed E-state index contributed by atoms with van der Waals surface area (Å²) in [7, 11) is 0. The van der Waals surface area contributed by atoms with Crippen molar-refractivity contribution in [2.75, 3.05) is 23.3 Å². The van der Waals surface area contributed by atoms with Crippen LogP contribution in [-0.2, 0) is 6.54 Å². The summed E-state index contributed by atoms with van der Waals surface area (Å²) in [6.07, 6.45) is 2.60. The summed E-state index contributed by atoms with van der Waals surface area (Å²) < 4.78 is 0. The Bertz CT molecular complexity index is 991. The number of aromatic amines is 1. The van der Waals surface area contributed by atoms with Crippen LogP contribution in [0.3, 0.4) is 0 Å². The Kier molecular flexibility index (Phi) is 4.88. The zero-order chi connectivity index (χ0) is 18.8. The maximum absolute atomic E-state index is 12.4. The van der Waals surface area contributed by atoms with E-state index in [-0.39, 0.29) is 5.56 Å². The molecule has 1 atom stereocenters. The van der Waals surface area contributed by atoms with E-state index in [9.17, 15) is 4.79 Å². The summed E-state index contributed by atoms with van der Waals surface area (Å²) in [5.41, 5.74) is 5.08. The van der Waals surface area contributed by atoms with Crippen LogP contribution < -0.4 is 15.8 Å². The average Bonchev–Trinajstić information content (AvgIpc) is 2.67. The number of pyridine rings is 1. The molecule has 2 heterocycles. The van der Waals surface area contributed by atoms with Crippen molar-refractivity contribution < 1.29 is 0 Å². The van der Waals surface area contributed by atoms with Gasteiger partial charge < -0.3 is 15.2 Å². The van der Waals surface area contributed by atoms with Gasteiger partial charge in [-0.1, -0.05) is 19.1 Å². The molecule has 27 heavy (non-hydrogen) atoms. The van der Waals surface area contributed by atoms with Crippen LogP contribution >= 0.6 is 0 Å². The molecular weight excluding hydrogens is 334 g/mol. The van der Waals surface area contributed by atoms with E-state index in [1.165, 1.54) is 18.5 Å². The topological polar surface area (TPSA) is 48.1 Å². The van der Waals surface area contributed by atoms with Gasteiger partial charge in [-0.05, 0) is 73.0 Å². The normalized spacial score (nSPS) is 17.3. The molecule has 0 bridgehead atoms. The SMILES string of the molecule is Cc1ccc2cc(CNc3ccc(N4CCC[C@@H](C)C4)cc3)c(=O)[nH]c2c1. The van der Waals surface area contributed by atoms with Crippen molar-refractivity contribution in [3.63, 3.8) is 0 Å². The van der Waals surface area contributed by atoms with Crippen LogP contribution in [0.15, 0.2) is 53.3 Å². The summed E-state index contributed by atoms with van der Waals surface area (Å²) in [4.78, 5) is 17.8. The van der Waals surface area contributed by atoms with E-state index in [0.29, 0.717) is 6.54 Å². The standard InChI is InChI=1S/C23H27N3O/c1-16-5-6-18-13-19(23(27)25-22(18)12-16)14-24-20-7-9-21(10-8-20)26-11-3-4-17(2)15-26/h5-10,12-13,17,24H,3-4,11,14-15H2,1-2H3,(H,25,27)/t17-/m1/s1. The smallest absolute Gasteiger partial charge is 0.253 e. The Morgan fingerprint density at radius 1 is 1.15 bits per heavy atom. The van der Waals surface area contributed by atoms with Gasteiger partial charge in [0.1, 0.15) is 0 Å². The Labute approximate surface area is 160 Å². The molecule has 0 radical (unpaired) electrons. The second-order valence-corrected chi connectivity index (χ2v) is 7.81. The third-order valence-corrected chi connectivity index (χ3v) is 5.45. The minimum absolute atomic E-state index is 0.0282. The highest BCUT2D eigenvalue weighted by Crippen LogP contribution is 2.24. The van der Waals surface area contributed by atoms with Gasteiger partial charge in [-0.2, -0.15) is 0 Å². The Morgan fingerprint density at radius 3 is 2.74 bits per heavy atom. The van der Waals surface area contributed by atoms with Gasteiger partial charge in [0.2, 0.25) is 0 Å². The molecule has 1 fully saturated rings. The number of piperidine rings is 1. The molecule has 1 saturated heterocycles. The number of rotatable bonds is 4. The maximum atomic E-state index is 12.4. The fraction of sp³-hybridized carbons (Fsp3) is 0.348. The van der Waals surface area contributed by atoms with E-state index in [1.807, 2.05) is 19.1 Å². The molecular formula is C23H27N3O. The number of fused-ring (bicyclic) bond motifs is 1. The molecule has 0 unspecified atom stereocenters. The number of nitrogens with one attached hydrogen (secondary N) is 2. The number of aryl methyl sites for hydroxylation is 1. The number of hydrogen-bond acceptors (Lipinski definition) is 3. The van der Waals surface area contributed by atoms with Gasteiger partial charge in [0.05, 0.1) is 0 Å². The Morgan fingerprint density at radius 2 is 1.96 bits per heavy atom.